The molecule has 0 bridgehead atoms. The lowest BCUT2D eigenvalue weighted by molar-refractivity contribution is -0.134. The van der Waals surface area contributed by atoms with E-state index in [2.05, 4.69) is 10.4 Å². The molecule has 0 aliphatic carbocycles. The third kappa shape index (κ3) is 4.34. The number of piperazine rings is 1. The molecule has 0 atom stereocenters. The maximum atomic E-state index is 14.1. The van der Waals surface area contributed by atoms with Crippen LogP contribution < -0.4 is 10.4 Å². The number of carbonyl (C=O) groups excluding carboxylic acids is 2. The normalized spacial score (nSPS) is 15.0. The van der Waals surface area contributed by atoms with E-state index in [0.29, 0.717) is 43.0 Å². The van der Waals surface area contributed by atoms with E-state index in [1.54, 1.807) is 42.5 Å². The van der Waals surface area contributed by atoms with Crippen LogP contribution in [0.4, 0.5) is 15.8 Å². The predicted molar refractivity (Wildman–Crippen MR) is 95.7 cm³/mol. The van der Waals surface area contributed by atoms with Crippen LogP contribution in [0.5, 0.6) is 0 Å². The minimum absolute atomic E-state index is 0.0423. The highest BCUT2D eigenvalue weighted by Gasteiger charge is 2.21. The molecule has 8 heteroatoms. The van der Waals surface area contributed by atoms with Crippen LogP contribution in [-0.2, 0) is 16.1 Å². The van der Waals surface area contributed by atoms with Crippen molar-refractivity contribution in [2.45, 2.75) is 6.54 Å². The van der Waals surface area contributed by atoms with Gasteiger partial charge in [0, 0.05) is 32.9 Å². The van der Waals surface area contributed by atoms with Gasteiger partial charge in [0.1, 0.15) is 5.82 Å². The smallest absolute Gasteiger partial charge is 0.236 e. The van der Waals surface area contributed by atoms with Gasteiger partial charge in [-0.2, -0.15) is 0 Å². The highest BCUT2D eigenvalue weighted by atomic mass is 19.1. The maximum Gasteiger partial charge on any atom is 0.236 e. The molecule has 1 N–H and O–H groups in total. The van der Waals surface area contributed by atoms with E-state index < -0.39 is 5.82 Å². The lowest BCUT2D eigenvalue weighted by Crippen LogP contribution is -2.47. The molecule has 1 fully saturated rings. The van der Waals surface area contributed by atoms with Gasteiger partial charge in [-0.25, -0.2) is 9.40 Å². The van der Waals surface area contributed by atoms with Gasteiger partial charge in [-0.15, -0.1) is 0 Å². The topological polar surface area (TPSA) is 68.8 Å². The SMILES string of the molecule is CN1CCN(Cc2cc(F)cc(N(C=O)Nc3cccnc3)c2)CC1=O. The van der Waals surface area contributed by atoms with Crippen LogP contribution in [0.2, 0.25) is 0 Å². The fraction of sp³-hybridized carbons (Fsp3) is 0.278. The summed E-state index contributed by atoms with van der Waals surface area (Å²) in [6.45, 7) is 2.10. The van der Waals surface area contributed by atoms with Gasteiger partial charge < -0.3 is 4.90 Å². The van der Waals surface area contributed by atoms with Gasteiger partial charge in [-0.1, -0.05) is 0 Å². The minimum atomic E-state index is -0.446. The van der Waals surface area contributed by atoms with E-state index in [1.165, 1.54) is 17.1 Å². The van der Waals surface area contributed by atoms with E-state index in [1.807, 2.05) is 4.90 Å². The summed E-state index contributed by atoms with van der Waals surface area (Å²) in [7, 11) is 1.77. The summed E-state index contributed by atoms with van der Waals surface area (Å²) in [5, 5.41) is 1.19. The maximum absolute atomic E-state index is 14.1. The molecule has 0 radical (unpaired) electrons. The summed E-state index contributed by atoms with van der Waals surface area (Å²) in [4.78, 5) is 30.9. The van der Waals surface area contributed by atoms with Crippen LogP contribution in [0.3, 0.4) is 0 Å². The number of aromatic nitrogens is 1. The number of hydrazine groups is 1. The van der Waals surface area contributed by atoms with Gasteiger partial charge in [-0.3, -0.25) is 24.9 Å². The molecule has 2 aromatic rings. The molecule has 1 aliphatic rings. The molecule has 2 amide bonds. The summed E-state index contributed by atoms with van der Waals surface area (Å²) >= 11 is 0. The second-order valence-electron chi connectivity index (χ2n) is 6.17. The lowest BCUT2D eigenvalue weighted by Gasteiger charge is -2.32. The van der Waals surface area contributed by atoms with Crippen molar-refractivity contribution in [3.05, 3.63) is 54.1 Å². The monoisotopic (exact) mass is 357 g/mol. The molecule has 0 spiro atoms. The van der Waals surface area contributed by atoms with Gasteiger partial charge in [0.2, 0.25) is 12.3 Å². The van der Waals surface area contributed by atoms with E-state index in [9.17, 15) is 14.0 Å². The third-order valence-electron chi connectivity index (χ3n) is 4.18. The summed E-state index contributed by atoms with van der Waals surface area (Å²) in [6.07, 6.45) is 3.76. The number of anilines is 2. The van der Waals surface area contributed by atoms with Crippen LogP contribution in [0.25, 0.3) is 0 Å². The molecule has 2 heterocycles. The van der Waals surface area contributed by atoms with Crippen LogP contribution in [0, 0.1) is 5.82 Å². The molecule has 1 aromatic heterocycles. The molecule has 1 saturated heterocycles. The van der Waals surface area contributed by atoms with Crippen molar-refractivity contribution in [2.24, 2.45) is 0 Å². The lowest BCUT2D eigenvalue weighted by atomic mass is 10.1. The Bertz CT molecular complexity index is 786. The second-order valence-corrected chi connectivity index (χ2v) is 6.17. The molecule has 136 valence electrons. The van der Waals surface area contributed by atoms with Crippen molar-refractivity contribution < 1.29 is 14.0 Å². The van der Waals surface area contributed by atoms with Crippen LogP contribution in [-0.4, -0.2) is 53.8 Å². The van der Waals surface area contributed by atoms with Crippen molar-refractivity contribution >= 4 is 23.7 Å². The largest absolute Gasteiger partial charge is 0.343 e. The Morgan fingerprint density at radius 2 is 2.19 bits per heavy atom. The zero-order chi connectivity index (χ0) is 18.5. The molecule has 0 unspecified atom stereocenters. The first kappa shape index (κ1) is 17.8. The average Bonchev–Trinajstić information content (AvgIpc) is 2.63. The fourth-order valence-electron chi connectivity index (χ4n) is 2.78. The number of likely N-dealkylation sites (N-methyl/N-ethyl adjacent to an activating group) is 1. The number of nitrogens with one attached hydrogen (secondary N) is 1. The molecule has 0 saturated carbocycles. The zero-order valence-corrected chi connectivity index (χ0v) is 14.4. The van der Waals surface area contributed by atoms with Crippen LogP contribution in [0.15, 0.2) is 42.7 Å². The standard InChI is InChI=1S/C18H20FN5O2/c1-22-5-6-23(12-18(22)26)11-14-7-15(19)9-17(8-14)24(13-25)21-16-3-2-4-20-10-16/h2-4,7-10,13,21H,5-6,11-12H2,1H3. The zero-order valence-electron chi connectivity index (χ0n) is 14.4. The van der Waals surface area contributed by atoms with E-state index >= 15 is 0 Å². The molecular weight excluding hydrogens is 337 g/mol. The third-order valence-corrected chi connectivity index (χ3v) is 4.18. The summed E-state index contributed by atoms with van der Waals surface area (Å²) < 4.78 is 14.1. The molecule has 1 aliphatic heterocycles. The van der Waals surface area contributed by atoms with Gasteiger partial charge in [-0.05, 0) is 35.9 Å². The summed E-state index contributed by atoms with van der Waals surface area (Å²) in [5.74, 6) is -0.404. The number of nitrogens with zero attached hydrogens (tertiary/aromatic N) is 4. The number of halogens is 1. The Morgan fingerprint density at radius 1 is 1.35 bits per heavy atom. The Kier molecular flexibility index (Phi) is 5.43. The van der Waals surface area contributed by atoms with Crippen molar-refractivity contribution in [1.29, 1.82) is 0 Å². The molecule has 3 rings (SSSR count). The van der Waals surface area contributed by atoms with Gasteiger partial charge in [0.05, 0.1) is 24.1 Å². The number of benzene rings is 1. The van der Waals surface area contributed by atoms with Crippen LogP contribution >= 0.6 is 0 Å². The summed E-state index contributed by atoms with van der Waals surface area (Å²) in [6, 6.07) is 7.89. The first-order valence-corrected chi connectivity index (χ1v) is 8.22. The van der Waals surface area contributed by atoms with E-state index in [0.717, 1.165) is 6.54 Å². The number of pyridine rings is 1. The first-order chi connectivity index (χ1) is 12.5. The van der Waals surface area contributed by atoms with Gasteiger partial charge >= 0.3 is 0 Å². The Morgan fingerprint density at radius 3 is 2.88 bits per heavy atom. The van der Waals surface area contributed by atoms with E-state index in [-0.39, 0.29) is 5.91 Å². The van der Waals surface area contributed by atoms with Gasteiger partial charge in [0.25, 0.3) is 0 Å². The highest BCUT2D eigenvalue weighted by molar-refractivity contribution is 5.79. The van der Waals surface area contributed by atoms with E-state index in [4.69, 9.17) is 0 Å². The number of hydrogen-bond donors (Lipinski definition) is 1. The Labute approximate surface area is 151 Å². The Hall–Kier alpha value is -3.00. The molecular formula is C18H20FN5O2. The number of carbonyl (C=O) groups is 2. The number of rotatable bonds is 6. The number of amides is 2. The summed E-state index contributed by atoms with van der Waals surface area (Å²) in [5.41, 5.74) is 4.55. The Balaban J connectivity index is 1.76. The van der Waals surface area contributed by atoms with Crippen molar-refractivity contribution in [2.75, 3.05) is 37.1 Å². The minimum Gasteiger partial charge on any atom is -0.343 e. The van der Waals surface area contributed by atoms with Crippen molar-refractivity contribution in [1.82, 2.24) is 14.8 Å². The van der Waals surface area contributed by atoms with Gasteiger partial charge in [0.15, 0.2) is 0 Å². The average molecular weight is 357 g/mol. The predicted octanol–water partition coefficient (Wildman–Crippen LogP) is 1.48. The van der Waals surface area contributed by atoms with Crippen molar-refractivity contribution in [3.63, 3.8) is 0 Å². The molecule has 1 aromatic carbocycles. The van der Waals surface area contributed by atoms with Crippen LogP contribution in [0.1, 0.15) is 5.56 Å². The first-order valence-electron chi connectivity index (χ1n) is 8.22. The molecule has 7 nitrogen and oxygen atoms in total. The second kappa shape index (κ2) is 7.92. The fourth-order valence-corrected chi connectivity index (χ4v) is 2.78. The van der Waals surface area contributed by atoms with Crippen molar-refractivity contribution in [3.8, 4) is 0 Å². The highest BCUT2D eigenvalue weighted by Crippen LogP contribution is 2.20. The quantitative estimate of drug-likeness (QED) is 0.627. The molecule has 26 heavy (non-hydrogen) atoms. The number of hydrogen-bond acceptors (Lipinski definition) is 5.